The van der Waals surface area contributed by atoms with Crippen molar-refractivity contribution >= 4 is 10.1 Å². The summed E-state index contributed by atoms with van der Waals surface area (Å²) >= 11 is 0. The van der Waals surface area contributed by atoms with Gasteiger partial charge in [0.1, 0.15) is 16.4 Å². The topological polar surface area (TPSA) is 122 Å². The van der Waals surface area contributed by atoms with Crippen molar-refractivity contribution in [1.82, 2.24) is 15.0 Å². The number of ether oxygens (including phenoxy) is 1. The molecular weight excluding hydrogens is 442 g/mol. The Morgan fingerprint density at radius 3 is 1.82 bits per heavy atom. The Labute approximate surface area is 191 Å². The van der Waals surface area contributed by atoms with E-state index in [9.17, 15) is 18.1 Å². The third kappa shape index (κ3) is 5.00. The Hall–Kier alpha value is -3.82. The van der Waals surface area contributed by atoms with E-state index in [-0.39, 0.29) is 29.5 Å². The highest BCUT2D eigenvalue weighted by Crippen LogP contribution is 2.37. The largest absolute Gasteiger partial charge is 0.507 e. The van der Waals surface area contributed by atoms with Gasteiger partial charge in [0.25, 0.3) is 10.1 Å². The normalized spacial score (nSPS) is 11.3. The van der Waals surface area contributed by atoms with Gasteiger partial charge in [-0.2, -0.15) is 8.42 Å². The first-order chi connectivity index (χ1) is 15.9. The fourth-order valence-corrected chi connectivity index (χ4v) is 3.82. The monoisotopic (exact) mass is 463 g/mol. The molecule has 0 aliphatic carbocycles. The minimum atomic E-state index is -4.64. The fourth-order valence-electron chi connectivity index (χ4n) is 3.18. The van der Waals surface area contributed by atoms with Gasteiger partial charge in [-0.05, 0) is 12.5 Å². The van der Waals surface area contributed by atoms with Crippen molar-refractivity contribution in [3.8, 4) is 45.7 Å². The van der Waals surface area contributed by atoms with Gasteiger partial charge in [-0.1, -0.05) is 67.6 Å². The summed E-state index contributed by atoms with van der Waals surface area (Å²) in [5.74, 6) is 0.295. The molecule has 0 fully saturated rings. The van der Waals surface area contributed by atoms with E-state index < -0.39 is 15.0 Å². The lowest BCUT2D eigenvalue weighted by atomic mass is 10.1. The van der Waals surface area contributed by atoms with Crippen molar-refractivity contribution < 1.29 is 22.8 Å². The summed E-state index contributed by atoms with van der Waals surface area (Å²) in [6.07, 6.45) is 0.613. The van der Waals surface area contributed by atoms with Gasteiger partial charge in [-0.15, -0.1) is 0 Å². The molecule has 33 heavy (non-hydrogen) atoms. The summed E-state index contributed by atoms with van der Waals surface area (Å²) in [6.45, 7) is 2.06. The predicted octanol–water partition coefficient (Wildman–Crippen LogP) is 4.61. The molecule has 0 amide bonds. The van der Waals surface area contributed by atoms with Crippen molar-refractivity contribution in [3.05, 3.63) is 72.8 Å². The zero-order chi connectivity index (χ0) is 23.4. The standard InChI is InChI=1S/C24H21N3O5S/c1-2-13-32-20-15-19(28)18(14-21(20)33(29,30)31)24-26-22(16-9-5-3-6-10-16)25-23(27-24)17-11-7-4-8-12-17/h3-12,14-15,28H,2,13H2,1H3,(H,29,30,31). The second-order valence-corrected chi connectivity index (χ2v) is 8.57. The van der Waals surface area contributed by atoms with Crippen LogP contribution in [0.3, 0.4) is 0 Å². The summed E-state index contributed by atoms with van der Waals surface area (Å²) in [5, 5.41) is 10.7. The Morgan fingerprint density at radius 1 is 0.818 bits per heavy atom. The molecule has 0 unspecified atom stereocenters. The quantitative estimate of drug-likeness (QED) is 0.381. The zero-order valence-electron chi connectivity index (χ0n) is 17.7. The summed E-state index contributed by atoms with van der Waals surface area (Å²) in [7, 11) is -4.64. The Kier molecular flexibility index (Phi) is 6.34. The van der Waals surface area contributed by atoms with Crippen LogP contribution >= 0.6 is 0 Å². The molecule has 0 atom stereocenters. The number of hydrogen-bond acceptors (Lipinski definition) is 7. The minimum Gasteiger partial charge on any atom is -0.507 e. The van der Waals surface area contributed by atoms with Crippen LogP contribution in [0.2, 0.25) is 0 Å². The van der Waals surface area contributed by atoms with Gasteiger partial charge in [0.15, 0.2) is 17.5 Å². The first kappa shape index (κ1) is 22.4. The third-order valence-corrected chi connectivity index (χ3v) is 5.62. The molecule has 0 aliphatic rings. The van der Waals surface area contributed by atoms with Gasteiger partial charge in [-0.25, -0.2) is 15.0 Å². The van der Waals surface area contributed by atoms with Crippen LogP contribution in [-0.4, -0.2) is 39.6 Å². The second kappa shape index (κ2) is 9.35. The first-order valence-corrected chi connectivity index (χ1v) is 11.7. The second-order valence-electron chi connectivity index (χ2n) is 7.18. The summed E-state index contributed by atoms with van der Waals surface area (Å²) < 4.78 is 39.2. The van der Waals surface area contributed by atoms with E-state index in [4.69, 9.17) is 4.74 Å². The lowest BCUT2D eigenvalue weighted by Crippen LogP contribution is -2.06. The van der Waals surface area contributed by atoms with Crippen LogP contribution < -0.4 is 4.74 Å². The van der Waals surface area contributed by atoms with E-state index in [0.717, 1.165) is 23.3 Å². The first-order valence-electron chi connectivity index (χ1n) is 10.2. The van der Waals surface area contributed by atoms with E-state index in [2.05, 4.69) is 15.0 Å². The Balaban J connectivity index is 1.94. The molecule has 3 aromatic carbocycles. The maximum Gasteiger partial charge on any atom is 0.298 e. The molecule has 0 aliphatic heterocycles. The highest BCUT2D eigenvalue weighted by Gasteiger charge is 2.23. The maximum absolute atomic E-state index is 12.0. The van der Waals surface area contributed by atoms with Gasteiger partial charge in [-0.3, -0.25) is 4.55 Å². The smallest absolute Gasteiger partial charge is 0.298 e. The van der Waals surface area contributed by atoms with E-state index >= 15 is 0 Å². The lowest BCUT2D eigenvalue weighted by Gasteiger charge is -2.13. The number of nitrogens with zero attached hydrogens (tertiary/aromatic N) is 3. The number of aromatic hydroxyl groups is 1. The summed E-state index contributed by atoms with van der Waals surface area (Å²) in [6, 6.07) is 20.7. The van der Waals surface area contributed by atoms with Crippen LogP contribution in [-0.2, 0) is 10.1 Å². The van der Waals surface area contributed by atoms with Crippen molar-refractivity contribution in [3.63, 3.8) is 0 Å². The molecule has 0 spiro atoms. The van der Waals surface area contributed by atoms with Crippen molar-refractivity contribution in [1.29, 1.82) is 0 Å². The van der Waals surface area contributed by atoms with E-state index in [1.807, 2.05) is 67.6 Å². The predicted molar refractivity (Wildman–Crippen MR) is 123 cm³/mol. The molecule has 0 radical (unpaired) electrons. The van der Waals surface area contributed by atoms with Gasteiger partial charge in [0, 0.05) is 17.2 Å². The SMILES string of the molecule is CCCOc1cc(O)c(-c2nc(-c3ccccc3)nc(-c3ccccc3)n2)cc1S(=O)(=O)O. The van der Waals surface area contributed by atoms with Crippen LogP contribution in [0.1, 0.15) is 13.3 Å². The highest BCUT2D eigenvalue weighted by atomic mass is 32.2. The van der Waals surface area contributed by atoms with Crippen molar-refractivity contribution in [2.45, 2.75) is 18.2 Å². The van der Waals surface area contributed by atoms with Crippen molar-refractivity contribution in [2.75, 3.05) is 6.61 Å². The lowest BCUT2D eigenvalue weighted by molar-refractivity contribution is 0.306. The summed E-state index contributed by atoms with van der Waals surface area (Å²) in [5.41, 5.74) is 1.45. The fraction of sp³-hybridized carbons (Fsp3) is 0.125. The van der Waals surface area contributed by atoms with Crippen LogP contribution in [0.4, 0.5) is 0 Å². The molecule has 8 nitrogen and oxygen atoms in total. The van der Waals surface area contributed by atoms with Gasteiger partial charge in [0.2, 0.25) is 0 Å². The zero-order valence-corrected chi connectivity index (χ0v) is 18.5. The van der Waals surface area contributed by atoms with Crippen LogP contribution in [0, 0.1) is 0 Å². The average Bonchev–Trinajstić information content (AvgIpc) is 2.83. The van der Waals surface area contributed by atoms with Crippen LogP contribution in [0.15, 0.2) is 77.7 Å². The van der Waals surface area contributed by atoms with Gasteiger partial charge >= 0.3 is 0 Å². The Morgan fingerprint density at radius 2 is 1.33 bits per heavy atom. The van der Waals surface area contributed by atoms with E-state index in [1.165, 1.54) is 0 Å². The minimum absolute atomic E-state index is 0.0169. The molecule has 0 saturated heterocycles. The molecular formula is C24H21N3O5S. The molecule has 1 heterocycles. The molecule has 2 N–H and O–H groups in total. The van der Waals surface area contributed by atoms with Crippen molar-refractivity contribution in [2.24, 2.45) is 0 Å². The van der Waals surface area contributed by atoms with E-state index in [0.29, 0.717) is 18.1 Å². The number of phenols is 1. The third-order valence-electron chi connectivity index (χ3n) is 4.74. The molecule has 4 aromatic rings. The summed E-state index contributed by atoms with van der Waals surface area (Å²) in [4.78, 5) is 13.0. The molecule has 1 aromatic heterocycles. The van der Waals surface area contributed by atoms with E-state index in [1.54, 1.807) is 0 Å². The van der Waals surface area contributed by atoms with Gasteiger partial charge < -0.3 is 9.84 Å². The number of aromatic nitrogens is 3. The average molecular weight is 464 g/mol. The molecule has 168 valence electrons. The number of hydrogen-bond donors (Lipinski definition) is 2. The molecule has 0 bridgehead atoms. The number of rotatable bonds is 7. The highest BCUT2D eigenvalue weighted by molar-refractivity contribution is 7.86. The number of phenolic OH excluding ortho intramolecular Hbond substituents is 1. The van der Waals surface area contributed by atoms with Crippen LogP contribution in [0.25, 0.3) is 34.2 Å². The molecule has 9 heteroatoms. The Bertz CT molecular complexity index is 1320. The number of benzene rings is 3. The van der Waals surface area contributed by atoms with Crippen LogP contribution in [0.5, 0.6) is 11.5 Å². The molecule has 4 rings (SSSR count). The molecule has 0 saturated carbocycles. The maximum atomic E-state index is 12.0. The van der Waals surface area contributed by atoms with Gasteiger partial charge in [0.05, 0.1) is 12.2 Å².